The summed E-state index contributed by atoms with van der Waals surface area (Å²) in [6.45, 7) is 3.93. The van der Waals surface area contributed by atoms with Crippen LogP contribution in [0.3, 0.4) is 0 Å². The van der Waals surface area contributed by atoms with Crippen LogP contribution in [-0.4, -0.2) is 35.4 Å². The molecule has 0 aromatic rings. The molecule has 0 saturated heterocycles. The van der Waals surface area contributed by atoms with Gasteiger partial charge < -0.3 is 14.9 Å². The summed E-state index contributed by atoms with van der Waals surface area (Å²) in [5.74, 6) is -0.948. The van der Waals surface area contributed by atoms with Gasteiger partial charge >= 0.3 is 11.9 Å². The molecule has 0 radical (unpaired) electrons. The summed E-state index contributed by atoms with van der Waals surface area (Å²) >= 11 is 0. The van der Waals surface area contributed by atoms with Crippen LogP contribution in [0, 0.1) is 5.41 Å². The highest BCUT2D eigenvalue weighted by molar-refractivity contribution is 5.69. The zero-order valence-corrected chi connectivity index (χ0v) is 12.7. The number of rotatable bonds is 12. The molecule has 2 N–H and O–H groups in total. The Balaban J connectivity index is 3.38. The second-order valence-corrected chi connectivity index (χ2v) is 6.00. The van der Waals surface area contributed by atoms with Crippen molar-refractivity contribution in [1.29, 1.82) is 0 Å². The number of ether oxygens (including phenoxy) is 1. The van der Waals surface area contributed by atoms with Gasteiger partial charge in [-0.2, -0.15) is 0 Å². The molecule has 0 atom stereocenters. The molecule has 0 fully saturated rings. The van der Waals surface area contributed by atoms with E-state index in [0.29, 0.717) is 6.42 Å². The van der Waals surface area contributed by atoms with Crippen LogP contribution in [0.2, 0.25) is 0 Å². The van der Waals surface area contributed by atoms with Gasteiger partial charge in [-0.25, -0.2) is 0 Å². The Hall–Kier alpha value is -1.10. The van der Waals surface area contributed by atoms with Gasteiger partial charge in [0.2, 0.25) is 0 Å². The van der Waals surface area contributed by atoms with Crippen LogP contribution in [0.4, 0.5) is 0 Å². The van der Waals surface area contributed by atoms with Gasteiger partial charge in [-0.3, -0.25) is 9.59 Å². The fourth-order valence-electron chi connectivity index (χ4n) is 1.65. The highest BCUT2D eigenvalue weighted by Gasteiger charge is 2.18. The van der Waals surface area contributed by atoms with Crippen LogP contribution in [0.25, 0.3) is 0 Å². The minimum Gasteiger partial charge on any atom is -0.481 e. The summed E-state index contributed by atoms with van der Waals surface area (Å²) in [4.78, 5) is 21.7. The average molecular weight is 288 g/mol. The second-order valence-electron chi connectivity index (χ2n) is 6.00. The lowest BCUT2D eigenvalue weighted by molar-refractivity contribution is -0.147. The van der Waals surface area contributed by atoms with Crippen molar-refractivity contribution >= 4 is 11.9 Å². The number of carbonyl (C=O) groups excluding carboxylic acids is 1. The van der Waals surface area contributed by atoms with Gasteiger partial charge in [0.05, 0.1) is 13.2 Å². The Morgan fingerprint density at radius 1 is 0.950 bits per heavy atom. The first-order valence-corrected chi connectivity index (χ1v) is 7.36. The predicted molar refractivity (Wildman–Crippen MR) is 76.4 cm³/mol. The molecule has 0 saturated carbocycles. The van der Waals surface area contributed by atoms with E-state index >= 15 is 0 Å². The number of carbonyl (C=O) groups is 2. The second kappa shape index (κ2) is 10.7. The number of unbranched alkanes of at least 4 members (excludes halogenated alkanes) is 5. The Kier molecular flexibility index (Phi) is 10.1. The van der Waals surface area contributed by atoms with Crippen LogP contribution in [0.15, 0.2) is 0 Å². The molecule has 0 aromatic carbocycles. The highest BCUT2D eigenvalue weighted by Crippen LogP contribution is 2.15. The summed E-state index contributed by atoms with van der Waals surface area (Å²) in [6, 6.07) is 0. The van der Waals surface area contributed by atoms with Crippen LogP contribution in [-0.2, 0) is 14.3 Å². The Morgan fingerprint density at radius 3 is 1.95 bits per heavy atom. The molecule has 0 bridgehead atoms. The smallest absolute Gasteiger partial charge is 0.305 e. The van der Waals surface area contributed by atoms with Crippen LogP contribution < -0.4 is 0 Å². The average Bonchev–Trinajstić information content (AvgIpc) is 2.39. The molecule has 0 amide bonds. The number of hydrogen-bond donors (Lipinski definition) is 2. The third kappa shape index (κ3) is 12.0. The summed E-state index contributed by atoms with van der Waals surface area (Å²) in [7, 11) is 0. The monoisotopic (exact) mass is 288 g/mol. The molecule has 0 aliphatic rings. The van der Waals surface area contributed by atoms with E-state index in [9.17, 15) is 9.59 Å². The molecular weight excluding hydrogens is 260 g/mol. The number of carboxylic acid groups (broad SMARTS) is 1. The van der Waals surface area contributed by atoms with E-state index < -0.39 is 5.97 Å². The van der Waals surface area contributed by atoms with E-state index in [4.69, 9.17) is 14.9 Å². The van der Waals surface area contributed by atoms with Gasteiger partial charge in [-0.1, -0.05) is 39.5 Å². The summed E-state index contributed by atoms with van der Waals surface area (Å²) in [6.07, 6.45) is 6.12. The van der Waals surface area contributed by atoms with Gasteiger partial charge in [0, 0.05) is 18.3 Å². The first-order chi connectivity index (χ1) is 9.37. The Labute approximate surface area is 121 Å². The lowest BCUT2D eigenvalue weighted by Crippen LogP contribution is -2.25. The number of aliphatic hydroxyl groups is 1. The molecule has 5 heteroatoms. The van der Waals surface area contributed by atoms with Crippen molar-refractivity contribution in [3.8, 4) is 0 Å². The maximum Gasteiger partial charge on any atom is 0.305 e. The van der Waals surface area contributed by atoms with E-state index in [0.717, 1.165) is 38.5 Å². The van der Waals surface area contributed by atoms with Crippen molar-refractivity contribution in [3.63, 3.8) is 0 Å². The van der Waals surface area contributed by atoms with Gasteiger partial charge in [-0.15, -0.1) is 0 Å². The van der Waals surface area contributed by atoms with E-state index in [1.54, 1.807) is 0 Å². The SMILES string of the molecule is CC(C)(CO)COC(=O)CCCCCCCCC(=O)O. The maximum absolute atomic E-state index is 11.4. The molecule has 0 heterocycles. The molecular formula is C15H28O5. The minimum atomic E-state index is -0.737. The zero-order valence-electron chi connectivity index (χ0n) is 12.7. The molecule has 0 unspecified atom stereocenters. The van der Waals surface area contributed by atoms with Crippen molar-refractivity contribution in [2.75, 3.05) is 13.2 Å². The Bertz CT molecular complexity index is 286. The third-order valence-electron chi connectivity index (χ3n) is 3.07. The van der Waals surface area contributed by atoms with Crippen molar-refractivity contribution in [3.05, 3.63) is 0 Å². The summed E-state index contributed by atoms with van der Waals surface area (Å²) < 4.78 is 5.10. The van der Waals surface area contributed by atoms with Crippen molar-refractivity contribution < 1.29 is 24.5 Å². The fourth-order valence-corrected chi connectivity index (χ4v) is 1.65. The standard InChI is InChI=1S/C15H28O5/c1-15(2,11-16)12-20-14(19)10-8-6-4-3-5-7-9-13(17)18/h16H,3-12H2,1-2H3,(H,17,18). The molecule has 5 nitrogen and oxygen atoms in total. The highest BCUT2D eigenvalue weighted by atomic mass is 16.5. The molecule has 0 spiro atoms. The third-order valence-corrected chi connectivity index (χ3v) is 3.07. The normalized spacial score (nSPS) is 11.3. The first kappa shape index (κ1) is 18.9. The lowest BCUT2D eigenvalue weighted by Gasteiger charge is -2.20. The number of aliphatic hydroxyl groups excluding tert-OH is 1. The van der Waals surface area contributed by atoms with Crippen molar-refractivity contribution in [2.24, 2.45) is 5.41 Å². The van der Waals surface area contributed by atoms with Gasteiger partial charge in [0.25, 0.3) is 0 Å². The largest absolute Gasteiger partial charge is 0.481 e. The maximum atomic E-state index is 11.4. The first-order valence-electron chi connectivity index (χ1n) is 7.36. The molecule has 0 rings (SSSR count). The number of hydrogen-bond acceptors (Lipinski definition) is 4. The van der Waals surface area contributed by atoms with Crippen LogP contribution in [0.1, 0.15) is 65.2 Å². The summed E-state index contributed by atoms with van der Waals surface area (Å²) in [5, 5.41) is 17.5. The van der Waals surface area contributed by atoms with Crippen molar-refractivity contribution in [2.45, 2.75) is 65.2 Å². The minimum absolute atomic E-state index is 0.00335. The van der Waals surface area contributed by atoms with E-state index in [1.807, 2.05) is 13.8 Å². The van der Waals surface area contributed by atoms with E-state index in [2.05, 4.69) is 0 Å². The molecule has 118 valence electrons. The Morgan fingerprint density at radius 2 is 1.45 bits per heavy atom. The molecule has 0 aromatic heterocycles. The van der Waals surface area contributed by atoms with Crippen molar-refractivity contribution in [1.82, 2.24) is 0 Å². The predicted octanol–water partition coefficient (Wildman–Crippen LogP) is 2.75. The number of esters is 1. The van der Waals surface area contributed by atoms with Gasteiger partial charge in [0.1, 0.15) is 0 Å². The zero-order chi connectivity index (χ0) is 15.4. The van der Waals surface area contributed by atoms with Gasteiger partial charge in [0.15, 0.2) is 0 Å². The number of carboxylic acids is 1. The van der Waals surface area contributed by atoms with E-state index in [1.165, 1.54) is 0 Å². The lowest BCUT2D eigenvalue weighted by atomic mass is 9.96. The molecule has 20 heavy (non-hydrogen) atoms. The van der Waals surface area contributed by atoms with Gasteiger partial charge in [-0.05, 0) is 12.8 Å². The topological polar surface area (TPSA) is 83.8 Å². The quantitative estimate of drug-likeness (QED) is 0.426. The summed E-state index contributed by atoms with van der Waals surface area (Å²) in [5.41, 5.74) is -0.375. The number of aliphatic carboxylic acids is 1. The van der Waals surface area contributed by atoms with Crippen LogP contribution in [0.5, 0.6) is 0 Å². The molecule has 0 aliphatic heterocycles. The molecule has 0 aliphatic carbocycles. The van der Waals surface area contributed by atoms with E-state index in [-0.39, 0.29) is 31.0 Å². The fraction of sp³-hybridized carbons (Fsp3) is 0.867. The van der Waals surface area contributed by atoms with Crippen LogP contribution >= 0.6 is 0 Å².